The Morgan fingerprint density at radius 2 is 0.814 bits per heavy atom. The molecule has 7 rings (SSSR count). The number of allylic oxidation sites excluding steroid dienone is 2. The Morgan fingerprint density at radius 1 is 0.419 bits per heavy atom. The summed E-state index contributed by atoms with van der Waals surface area (Å²) in [5.41, 5.74) is 10.4. The number of benzene rings is 2. The molecule has 0 unspecified atom stereocenters. The fraction of sp³-hybridized carbons (Fsp3) is 0.0270. The Bertz CT molecular complexity index is 1790. The Labute approximate surface area is 255 Å². The van der Waals surface area contributed by atoms with Crippen LogP contribution in [0.3, 0.4) is 0 Å². The zero-order valence-electron chi connectivity index (χ0n) is 23.6. The molecule has 203 valence electrons. The largest absolute Gasteiger partial charge is 0.255 e. The van der Waals surface area contributed by atoms with Crippen LogP contribution >= 0.6 is 0 Å². The van der Waals surface area contributed by atoms with E-state index >= 15 is 0 Å². The van der Waals surface area contributed by atoms with Crippen molar-refractivity contribution in [3.8, 4) is 22.8 Å². The van der Waals surface area contributed by atoms with Crippen molar-refractivity contribution in [1.29, 1.82) is 0 Å². The van der Waals surface area contributed by atoms with Crippen LogP contribution in [0.5, 0.6) is 0 Å². The summed E-state index contributed by atoms with van der Waals surface area (Å²) >= 11 is 0. The molecule has 43 heavy (non-hydrogen) atoms. The maximum Gasteiger partial charge on any atom is 0.102 e. The molecule has 4 nitrogen and oxygen atoms in total. The van der Waals surface area contributed by atoms with Gasteiger partial charge in [-0.1, -0.05) is 91.5 Å². The molecular formula is C37H27N4Si2. The molecule has 5 heterocycles. The van der Waals surface area contributed by atoms with Crippen LogP contribution < -0.4 is 0 Å². The fourth-order valence-electron chi connectivity index (χ4n) is 5.94. The predicted molar refractivity (Wildman–Crippen MR) is 179 cm³/mol. The zero-order chi connectivity index (χ0) is 29.2. The maximum absolute atomic E-state index is 4.89. The maximum atomic E-state index is 4.89. The molecule has 0 fully saturated rings. The van der Waals surface area contributed by atoms with Crippen LogP contribution in [0, 0.1) is 0 Å². The molecule has 0 bridgehead atoms. The van der Waals surface area contributed by atoms with Gasteiger partial charge in [-0.05, 0) is 80.2 Å². The predicted octanol–water partition coefficient (Wildman–Crippen LogP) is 7.96. The van der Waals surface area contributed by atoms with Gasteiger partial charge >= 0.3 is 0 Å². The van der Waals surface area contributed by atoms with E-state index in [0.717, 1.165) is 33.9 Å². The summed E-state index contributed by atoms with van der Waals surface area (Å²) in [6, 6.07) is 41.7. The molecule has 0 aliphatic carbocycles. The van der Waals surface area contributed by atoms with Crippen LogP contribution in [0.1, 0.15) is 22.3 Å². The van der Waals surface area contributed by atoms with Gasteiger partial charge in [0.25, 0.3) is 0 Å². The second-order valence-electron chi connectivity index (χ2n) is 10.7. The molecule has 0 atom stereocenters. The fourth-order valence-corrected chi connectivity index (χ4v) is 10.8. The highest BCUT2D eigenvalue weighted by Gasteiger charge is 2.43. The highest BCUT2D eigenvalue weighted by molar-refractivity contribution is 7.38. The third kappa shape index (κ3) is 5.01. The van der Waals surface area contributed by atoms with Crippen molar-refractivity contribution in [2.24, 2.45) is 0 Å². The van der Waals surface area contributed by atoms with Gasteiger partial charge in [-0.15, -0.1) is 0 Å². The zero-order valence-corrected chi connectivity index (χ0v) is 25.6. The summed E-state index contributed by atoms with van der Waals surface area (Å²) in [5.74, 6) is 0. The minimum absolute atomic E-state index is 0.854. The van der Waals surface area contributed by atoms with Gasteiger partial charge in [-0.3, -0.25) is 19.9 Å². The molecule has 0 amide bonds. The van der Waals surface area contributed by atoms with Gasteiger partial charge in [0.05, 0.1) is 22.8 Å². The summed E-state index contributed by atoms with van der Waals surface area (Å²) in [4.78, 5) is 18.8. The summed E-state index contributed by atoms with van der Waals surface area (Å²) in [6.07, 6.45) is 7.61. The van der Waals surface area contributed by atoms with Crippen LogP contribution in [-0.2, 0) is 0 Å². The average molecular weight is 584 g/mol. The molecule has 0 saturated heterocycles. The second kappa shape index (κ2) is 11.3. The minimum Gasteiger partial charge on any atom is -0.255 e. The van der Waals surface area contributed by atoms with Crippen molar-refractivity contribution >= 4 is 38.9 Å². The van der Waals surface area contributed by atoms with E-state index < -0.39 is 7.59 Å². The molecule has 1 aliphatic rings. The van der Waals surface area contributed by atoms with Crippen molar-refractivity contribution in [2.75, 3.05) is 0 Å². The number of aromatic nitrogens is 4. The van der Waals surface area contributed by atoms with E-state index in [0.29, 0.717) is 0 Å². The number of hydrogen-bond acceptors (Lipinski definition) is 4. The first-order valence-electron chi connectivity index (χ1n) is 14.2. The normalized spacial score (nSPS) is 14.3. The minimum atomic E-state index is -2.51. The Kier molecular flexibility index (Phi) is 7.06. The summed E-state index contributed by atoms with van der Waals surface area (Å²) < 4.78 is 0. The van der Waals surface area contributed by atoms with Crippen molar-refractivity contribution in [3.05, 3.63) is 168 Å². The third-order valence-electron chi connectivity index (χ3n) is 7.83. The van der Waals surface area contributed by atoms with E-state index in [2.05, 4.69) is 111 Å². The van der Waals surface area contributed by atoms with E-state index in [4.69, 9.17) is 9.97 Å². The van der Waals surface area contributed by atoms with Gasteiger partial charge in [0.2, 0.25) is 0 Å². The van der Waals surface area contributed by atoms with Gasteiger partial charge in [-0.2, -0.15) is 0 Å². The molecule has 6 aromatic rings. The molecular weight excluding hydrogens is 557 g/mol. The van der Waals surface area contributed by atoms with E-state index in [9.17, 15) is 0 Å². The van der Waals surface area contributed by atoms with Gasteiger partial charge < -0.3 is 0 Å². The lowest BCUT2D eigenvalue weighted by Gasteiger charge is -2.26. The number of nitrogens with zero attached hydrogens (tertiary/aromatic N) is 4. The topological polar surface area (TPSA) is 51.6 Å². The Balaban J connectivity index is 1.45. The monoisotopic (exact) mass is 583 g/mol. The Morgan fingerprint density at radius 3 is 1.16 bits per heavy atom. The standard InChI is InChI=1S/C37H27N4Si2/c1-43(42)36(28-18-20-32(40-24-28)30-16-8-10-22-38-30)34(26-12-4-2-5-13-26)35(27-14-6-3-7-15-27)37(43)29-19-21-33(41-25-29)31-17-9-11-23-39-31/h2-25H,1H3. The van der Waals surface area contributed by atoms with Crippen molar-refractivity contribution in [2.45, 2.75) is 6.55 Å². The first kappa shape index (κ1) is 26.8. The van der Waals surface area contributed by atoms with Crippen LogP contribution in [0.15, 0.2) is 146 Å². The van der Waals surface area contributed by atoms with E-state index in [1.54, 1.807) is 12.4 Å². The number of rotatable bonds is 6. The lowest BCUT2D eigenvalue weighted by Crippen LogP contribution is -2.34. The highest BCUT2D eigenvalue weighted by atomic mass is 29.2. The summed E-state index contributed by atoms with van der Waals surface area (Å²) in [6.45, 7) is 2.37. The molecule has 3 radical (unpaired) electrons. The SMILES string of the molecule is C[Si]1([Si])C(c2ccc(-c3ccccn3)nc2)=C(c2ccccc2)C(c2ccccc2)=C1c1ccc(-c2ccccn2)nc1. The molecule has 0 spiro atoms. The van der Waals surface area contributed by atoms with Gasteiger partial charge in [0, 0.05) is 34.5 Å². The molecule has 1 aliphatic heterocycles. The Hall–Kier alpha value is -5.05. The van der Waals surface area contributed by atoms with E-state index in [-0.39, 0.29) is 0 Å². The van der Waals surface area contributed by atoms with Gasteiger partial charge in [0.15, 0.2) is 0 Å². The van der Waals surface area contributed by atoms with Crippen LogP contribution in [0.2, 0.25) is 6.55 Å². The molecule has 6 heteroatoms. The lowest BCUT2D eigenvalue weighted by atomic mass is 9.89. The number of hydrogen-bond donors (Lipinski definition) is 0. The van der Waals surface area contributed by atoms with Crippen molar-refractivity contribution in [1.82, 2.24) is 19.9 Å². The molecule has 4 aromatic heterocycles. The van der Waals surface area contributed by atoms with Gasteiger partial charge in [-0.25, -0.2) is 0 Å². The molecule has 0 saturated carbocycles. The first-order chi connectivity index (χ1) is 21.1. The van der Waals surface area contributed by atoms with Crippen LogP contribution in [-0.4, -0.2) is 37.3 Å². The van der Waals surface area contributed by atoms with Gasteiger partial charge in [0.1, 0.15) is 7.59 Å². The third-order valence-corrected chi connectivity index (χ3v) is 12.4. The lowest BCUT2D eigenvalue weighted by molar-refractivity contribution is 1.24. The van der Waals surface area contributed by atoms with E-state index in [1.807, 2.05) is 48.8 Å². The smallest absolute Gasteiger partial charge is 0.102 e. The average Bonchev–Trinajstić information content (AvgIpc) is 3.33. The van der Waals surface area contributed by atoms with Crippen molar-refractivity contribution < 1.29 is 0 Å². The molecule has 2 aromatic carbocycles. The van der Waals surface area contributed by atoms with Crippen LogP contribution in [0.4, 0.5) is 0 Å². The second-order valence-corrected chi connectivity index (χ2v) is 16.9. The summed E-state index contributed by atoms with van der Waals surface area (Å²) in [5, 5.41) is 2.58. The molecule has 0 N–H and O–H groups in total. The van der Waals surface area contributed by atoms with E-state index in [1.165, 1.54) is 32.7 Å². The van der Waals surface area contributed by atoms with Crippen molar-refractivity contribution in [3.63, 3.8) is 0 Å². The first-order valence-corrected chi connectivity index (χ1v) is 18.2. The highest BCUT2D eigenvalue weighted by Crippen LogP contribution is 2.54. The summed E-state index contributed by atoms with van der Waals surface area (Å²) in [7, 11) is 1.95. The van der Waals surface area contributed by atoms with Crippen LogP contribution in [0.25, 0.3) is 44.3 Å². The quantitative estimate of drug-likeness (QED) is 0.187. The number of pyridine rings is 4.